The van der Waals surface area contributed by atoms with Crippen molar-refractivity contribution >= 4 is 32.7 Å². The van der Waals surface area contributed by atoms with E-state index in [-0.39, 0.29) is 0 Å². The van der Waals surface area contributed by atoms with E-state index < -0.39 is 0 Å². The molecule has 0 saturated heterocycles. The number of nitriles is 1. The van der Waals surface area contributed by atoms with Crippen LogP contribution in [0.3, 0.4) is 0 Å². The third kappa shape index (κ3) is 5.02. The molecule has 9 rings (SSSR count). The molecule has 0 aliphatic rings. The molecule has 0 aliphatic carbocycles. The van der Waals surface area contributed by atoms with Crippen molar-refractivity contribution in [2.75, 3.05) is 0 Å². The molecule has 2 heterocycles. The fraction of sp³-hybridized carbons (Fsp3) is 0. The minimum atomic E-state index is 0.613. The van der Waals surface area contributed by atoms with Crippen molar-refractivity contribution in [3.05, 3.63) is 169 Å². The van der Waals surface area contributed by atoms with Gasteiger partial charge in [0.15, 0.2) is 5.82 Å². The predicted octanol–water partition coefficient (Wildman–Crippen LogP) is 11.7. The lowest BCUT2D eigenvalue weighted by atomic mass is 9.92. The van der Waals surface area contributed by atoms with Crippen LogP contribution in [0.25, 0.3) is 88.9 Å². The van der Waals surface area contributed by atoms with Gasteiger partial charge in [-0.1, -0.05) is 133 Å². The largest absolute Gasteiger partial charge is 0.455 e. The second-order valence-corrected chi connectivity index (χ2v) is 12.1. The summed E-state index contributed by atoms with van der Waals surface area (Å²) in [6.45, 7) is 0. The van der Waals surface area contributed by atoms with Gasteiger partial charge in [-0.3, -0.25) is 0 Å². The van der Waals surface area contributed by atoms with E-state index in [1.807, 2.05) is 72.8 Å². The number of fused-ring (bicyclic) bond motifs is 5. The standard InChI is InChI=1S/C45H27N3O/c46-28-35-17-10-20-42-43(35)39-26-38(36-18-7-8-19-37(36)44(39)49-42)34-16-9-15-33(25-34)29-21-23-31(24-22-29)41-27-40(30-11-3-1-4-12-30)47-45(48-41)32-13-5-2-6-14-32/h1-27H. The minimum Gasteiger partial charge on any atom is -0.455 e. The van der Waals surface area contributed by atoms with Crippen LogP contribution in [0.4, 0.5) is 0 Å². The molecule has 0 aliphatic heterocycles. The van der Waals surface area contributed by atoms with Gasteiger partial charge in [0.2, 0.25) is 0 Å². The van der Waals surface area contributed by atoms with Crippen LogP contribution < -0.4 is 0 Å². The molecule has 7 aromatic carbocycles. The molecule has 2 aromatic heterocycles. The fourth-order valence-corrected chi connectivity index (χ4v) is 6.75. The molecule has 0 spiro atoms. The highest BCUT2D eigenvalue weighted by Crippen LogP contribution is 2.41. The number of aromatic nitrogens is 2. The first-order chi connectivity index (χ1) is 24.2. The van der Waals surface area contributed by atoms with Crippen LogP contribution in [0, 0.1) is 11.3 Å². The Morgan fingerprint density at radius 3 is 1.78 bits per heavy atom. The van der Waals surface area contributed by atoms with Crippen molar-refractivity contribution in [2.45, 2.75) is 0 Å². The summed E-state index contributed by atoms with van der Waals surface area (Å²) in [5, 5.41) is 13.8. The average Bonchev–Trinajstić information content (AvgIpc) is 3.57. The molecular formula is C45H27N3O. The number of benzene rings is 7. The minimum absolute atomic E-state index is 0.613. The molecule has 49 heavy (non-hydrogen) atoms. The fourth-order valence-electron chi connectivity index (χ4n) is 6.75. The summed E-state index contributed by atoms with van der Waals surface area (Å²) in [4.78, 5) is 9.93. The van der Waals surface area contributed by atoms with Crippen molar-refractivity contribution in [3.63, 3.8) is 0 Å². The van der Waals surface area contributed by atoms with E-state index in [1.54, 1.807) is 0 Å². The second kappa shape index (κ2) is 11.8. The van der Waals surface area contributed by atoms with Crippen LogP contribution in [-0.4, -0.2) is 9.97 Å². The molecule has 0 unspecified atom stereocenters. The first-order valence-electron chi connectivity index (χ1n) is 16.2. The van der Waals surface area contributed by atoms with E-state index in [0.717, 1.165) is 83.0 Å². The van der Waals surface area contributed by atoms with Gasteiger partial charge in [0.25, 0.3) is 0 Å². The predicted molar refractivity (Wildman–Crippen MR) is 199 cm³/mol. The summed E-state index contributed by atoms with van der Waals surface area (Å²) < 4.78 is 6.34. The zero-order valence-corrected chi connectivity index (χ0v) is 26.3. The van der Waals surface area contributed by atoms with Crippen molar-refractivity contribution in [1.82, 2.24) is 9.97 Å². The zero-order valence-electron chi connectivity index (χ0n) is 26.3. The Kier molecular flexibility index (Phi) is 6.81. The van der Waals surface area contributed by atoms with Gasteiger partial charge in [-0.25, -0.2) is 9.97 Å². The van der Waals surface area contributed by atoms with Crippen LogP contribution >= 0.6 is 0 Å². The van der Waals surface area contributed by atoms with Crippen LogP contribution in [0.1, 0.15) is 5.56 Å². The second-order valence-electron chi connectivity index (χ2n) is 12.1. The van der Waals surface area contributed by atoms with Crippen molar-refractivity contribution < 1.29 is 4.42 Å². The van der Waals surface area contributed by atoms with E-state index in [9.17, 15) is 5.26 Å². The summed E-state index contributed by atoms with van der Waals surface area (Å²) in [6.07, 6.45) is 0. The highest BCUT2D eigenvalue weighted by Gasteiger charge is 2.17. The van der Waals surface area contributed by atoms with Gasteiger partial charge in [-0.05, 0) is 58.0 Å². The van der Waals surface area contributed by atoms with Crippen LogP contribution in [-0.2, 0) is 0 Å². The molecule has 0 amide bonds. The van der Waals surface area contributed by atoms with Gasteiger partial charge in [-0.2, -0.15) is 5.26 Å². The quantitative estimate of drug-likeness (QED) is 0.191. The Balaban J connectivity index is 1.13. The number of furan rings is 1. The Hall–Kier alpha value is -6.83. The monoisotopic (exact) mass is 625 g/mol. The van der Waals surface area contributed by atoms with E-state index >= 15 is 0 Å². The third-order valence-electron chi connectivity index (χ3n) is 9.14. The van der Waals surface area contributed by atoms with Gasteiger partial charge < -0.3 is 4.42 Å². The number of hydrogen-bond acceptors (Lipinski definition) is 4. The van der Waals surface area contributed by atoms with Crippen LogP contribution in [0.15, 0.2) is 168 Å². The van der Waals surface area contributed by atoms with Gasteiger partial charge in [0.05, 0.1) is 23.0 Å². The van der Waals surface area contributed by atoms with Crippen molar-refractivity contribution in [3.8, 4) is 62.2 Å². The Labute approximate surface area is 283 Å². The maximum Gasteiger partial charge on any atom is 0.160 e. The summed E-state index contributed by atoms with van der Waals surface area (Å²) in [6, 6.07) is 58.2. The zero-order chi connectivity index (χ0) is 32.7. The van der Waals surface area contributed by atoms with Crippen LogP contribution in [0.5, 0.6) is 0 Å². The molecule has 0 saturated carbocycles. The lowest BCUT2D eigenvalue weighted by molar-refractivity contribution is 0.672. The molecule has 0 radical (unpaired) electrons. The van der Waals surface area contributed by atoms with Gasteiger partial charge in [0, 0.05) is 32.8 Å². The Morgan fingerprint density at radius 1 is 0.449 bits per heavy atom. The number of rotatable bonds is 5. The first kappa shape index (κ1) is 28.4. The molecule has 0 atom stereocenters. The number of hydrogen-bond donors (Lipinski definition) is 0. The normalized spacial score (nSPS) is 11.2. The molecular weight excluding hydrogens is 599 g/mol. The molecule has 4 nitrogen and oxygen atoms in total. The smallest absolute Gasteiger partial charge is 0.160 e. The number of nitrogens with zero attached hydrogens (tertiary/aromatic N) is 3. The highest BCUT2D eigenvalue weighted by molar-refractivity contribution is 6.20. The maximum absolute atomic E-state index is 9.90. The summed E-state index contributed by atoms with van der Waals surface area (Å²) in [7, 11) is 0. The first-order valence-corrected chi connectivity index (χ1v) is 16.2. The van der Waals surface area contributed by atoms with E-state index in [0.29, 0.717) is 11.4 Å². The van der Waals surface area contributed by atoms with Crippen molar-refractivity contribution in [1.29, 1.82) is 5.26 Å². The van der Waals surface area contributed by atoms with Gasteiger partial charge >= 0.3 is 0 Å². The molecule has 9 aromatic rings. The van der Waals surface area contributed by atoms with Gasteiger partial charge in [0.1, 0.15) is 11.2 Å². The summed E-state index contributed by atoms with van der Waals surface area (Å²) in [5.74, 6) is 0.699. The Bertz CT molecular complexity index is 2650. The summed E-state index contributed by atoms with van der Waals surface area (Å²) in [5.41, 5.74) is 11.4. The molecule has 228 valence electrons. The topological polar surface area (TPSA) is 62.7 Å². The maximum atomic E-state index is 9.90. The van der Waals surface area contributed by atoms with Gasteiger partial charge in [-0.15, -0.1) is 0 Å². The van der Waals surface area contributed by atoms with Crippen molar-refractivity contribution in [2.24, 2.45) is 0 Å². The molecule has 0 fully saturated rings. The highest BCUT2D eigenvalue weighted by atomic mass is 16.3. The molecule has 4 heteroatoms. The Morgan fingerprint density at radius 2 is 1.04 bits per heavy atom. The van der Waals surface area contributed by atoms with Crippen LogP contribution in [0.2, 0.25) is 0 Å². The van der Waals surface area contributed by atoms with E-state index in [4.69, 9.17) is 14.4 Å². The SMILES string of the molecule is N#Cc1cccc2oc3c4ccccc4c(-c4cccc(-c5ccc(-c6cc(-c7ccccc7)nc(-c7ccccc7)n6)cc5)c4)cc3c12. The van der Waals surface area contributed by atoms with E-state index in [2.05, 4.69) is 97.1 Å². The third-order valence-corrected chi connectivity index (χ3v) is 9.14. The summed E-state index contributed by atoms with van der Waals surface area (Å²) >= 11 is 0. The lowest BCUT2D eigenvalue weighted by Gasteiger charge is -2.12. The average molecular weight is 626 g/mol. The molecule has 0 N–H and O–H groups in total. The molecule has 0 bridgehead atoms. The lowest BCUT2D eigenvalue weighted by Crippen LogP contribution is -1.95. The van der Waals surface area contributed by atoms with E-state index in [1.165, 1.54) is 0 Å².